The van der Waals surface area contributed by atoms with E-state index in [0.717, 1.165) is 0 Å². The molecule has 0 radical (unpaired) electrons. The van der Waals surface area contributed by atoms with Gasteiger partial charge in [0.1, 0.15) is 5.69 Å². The second kappa shape index (κ2) is 5.78. The van der Waals surface area contributed by atoms with Gasteiger partial charge in [0.25, 0.3) is 5.91 Å². The molecule has 0 saturated heterocycles. The van der Waals surface area contributed by atoms with Crippen LogP contribution < -0.4 is 11.1 Å². The van der Waals surface area contributed by atoms with Crippen LogP contribution in [-0.2, 0) is 13.5 Å². The van der Waals surface area contributed by atoms with Gasteiger partial charge >= 0.3 is 0 Å². The summed E-state index contributed by atoms with van der Waals surface area (Å²) in [6.07, 6.45) is 0.667. The van der Waals surface area contributed by atoms with E-state index in [4.69, 9.17) is 5.73 Å². The lowest BCUT2D eigenvalue weighted by Gasteiger charge is -2.07. The van der Waals surface area contributed by atoms with Gasteiger partial charge in [-0.2, -0.15) is 5.10 Å². The molecule has 0 unspecified atom stereocenters. The number of nitrogens with one attached hydrogen (secondary N) is 1. The number of hydrogen-bond acceptors (Lipinski definition) is 4. The van der Waals surface area contributed by atoms with Gasteiger partial charge in [0, 0.05) is 18.3 Å². The highest BCUT2D eigenvalue weighted by molar-refractivity contribution is 6.07. The highest BCUT2D eigenvalue weighted by atomic mass is 16.2. The number of carbonyl (C=O) groups is 2. The number of nitrogens with two attached hydrogens (primary N) is 1. The number of anilines is 2. The summed E-state index contributed by atoms with van der Waals surface area (Å²) < 4.78 is 1.48. The maximum absolute atomic E-state index is 12.3. The van der Waals surface area contributed by atoms with E-state index < -0.39 is 0 Å². The number of amides is 1. The van der Waals surface area contributed by atoms with Crippen molar-refractivity contribution in [1.29, 1.82) is 0 Å². The van der Waals surface area contributed by atoms with Crippen LogP contribution in [0.15, 0.2) is 24.3 Å². The monoisotopic (exact) mass is 286 g/mol. The van der Waals surface area contributed by atoms with E-state index in [1.807, 2.05) is 6.92 Å². The van der Waals surface area contributed by atoms with Crippen LogP contribution in [0.1, 0.15) is 40.4 Å². The first kappa shape index (κ1) is 14.8. The molecule has 0 aliphatic heterocycles. The quantitative estimate of drug-likeness (QED) is 0.841. The molecule has 1 amide bonds. The Balaban J connectivity index is 2.22. The van der Waals surface area contributed by atoms with Crippen molar-refractivity contribution in [2.24, 2.45) is 7.05 Å². The lowest BCUT2D eigenvalue weighted by molar-refractivity contribution is 0.101. The molecule has 6 heteroatoms. The average Bonchev–Trinajstić information content (AvgIpc) is 2.73. The highest BCUT2D eigenvalue weighted by Crippen LogP contribution is 2.19. The summed E-state index contributed by atoms with van der Waals surface area (Å²) in [7, 11) is 1.68. The van der Waals surface area contributed by atoms with Crippen molar-refractivity contribution < 1.29 is 9.59 Å². The van der Waals surface area contributed by atoms with Crippen LogP contribution >= 0.6 is 0 Å². The van der Waals surface area contributed by atoms with Crippen LogP contribution in [-0.4, -0.2) is 21.5 Å². The van der Waals surface area contributed by atoms with Gasteiger partial charge < -0.3 is 11.1 Å². The number of rotatable bonds is 4. The molecule has 0 atom stereocenters. The predicted molar refractivity (Wildman–Crippen MR) is 81.4 cm³/mol. The smallest absolute Gasteiger partial charge is 0.276 e. The minimum Gasteiger partial charge on any atom is -0.395 e. The number of Topliss-reactive ketones (excluding diaryl/α,β-unsaturated/α-hetero) is 1. The first-order valence-electron chi connectivity index (χ1n) is 6.67. The Morgan fingerprint density at radius 1 is 1.29 bits per heavy atom. The predicted octanol–water partition coefficient (Wildman–Crippen LogP) is 2.02. The van der Waals surface area contributed by atoms with Crippen LogP contribution in [0, 0.1) is 0 Å². The highest BCUT2D eigenvalue weighted by Gasteiger charge is 2.19. The minimum atomic E-state index is -0.322. The SMILES string of the molecule is CCc1nn(C)c(C(=O)Nc2ccc(C(C)=O)cc2)c1N. The Morgan fingerprint density at radius 3 is 2.38 bits per heavy atom. The maximum atomic E-state index is 12.3. The van der Waals surface area contributed by atoms with Gasteiger partial charge in [-0.1, -0.05) is 6.92 Å². The summed E-state index contributed by atoms with van der Waals surface area (Å²) in [4.78, 5) is 23.5. The molecule has 1 aromatic carbocycles. The molecule has 2 rings (SSSR count). The third-order valence-electron chi connectivity index (χ3n) is 3.26. The molecule has 3 N–H and O–H groups in total. The second-order valence-corrected chi connectivity index (χ2v) is 4.77. The Kier molecular flexibility index (Phi) is 4.07. The van der Waals surface area contributed by atoms with Gasteiger partial charge in [0.15, 0.2) is 5.78 Å². The van der Waals surface area contributed by atoms with Crippen molar-refractivity contribution in [1.82, 2.24) is 9.78 Å². The van der Waals surface area contributed by atoms with Gasteiger partial charge in [0.2, 0.25) is 0 Å². The first-order valence-corrected chi connectivity index (χ1v) is 6.67. The van der Waals surface area contributed by atoms with Gasteiger partial charge in [0.05, 0.1) is 11.4 Å². The lowest BCUT2D eigenvalue weighted by Crippen LogP contribution is -2.17. The van der Waals surface area contributed by atoms with Crippen LogP contribution in [0.2, 0.25) is 0 Å². The molecular formula is C15H18N4O2. The third-order valence-corrected chi connectivity index (χ3v) is 3.26. The largest absolute Gasteiger partial charge is 0.395 e. The van der Waals surface area contributed by atoms with Crippen LogP contribution in [0.3, 0.4) is 0 Å². The normalized spacial score (nSPS) is 10.4. The molecule has 110 valence electrons. The Hall–Kier alpha value is -2.63. The van der Waals surface area contributed by atoms with Gasteiger partial charge in [-0.3, -0.25) is 14.3 Å². The van der Waals surface area contributed by atoms with Crippen molar-refractivity contribution in [2.75, 3.05) is 11.1 Å². The maximum Gasteiger partial charge on any atom is 0.276 e. The van der Waals surface area contributed by atoms with Gasteiger partial charge in [-0.15, -0.1) is 0 Å². The van der Waals surface area contributed by atoms with E-state index in [2.05, 4.69) is 10.4 Å². The molecule has 0 aliphatic rings. The van der Waals surface area contributed by atoms with E-state index in [1.165, 1.54) is 11.6 Å². The molecule has 1 aromatic heterocycles. The molecule has 1 heterocycles. The van der Waals surface area contributed by atoms with Crippen molar-refractivity contribution >= 4 is 23.1 Å². The number of aromatic nitrogens is 2. The molecule has 0 spiro atoms. The van der Waals surface area contributed by atoms with E-state index in [0.29, 0.717) is 34.7 Å². The molecule has 21 heavy (non-hydrogen) atoms. The number of carbonyl (C=O) groups excluding carboxylic acids is 2. The van der Waals surface area contributed by atoms with Gasteiger partial charge in [-0.25, -0.2) is 0 Å². The topological polar surface area (TPSA) is 90.0 Å². The average molecular weight is 286 g/mol. The summed E-state index contributed by atoms with van der Waals surface area (Å²) in [6.45, 7) is 3.43. The standard InChI is InChI=1S/C15H18N4O2/c1-4-12-13(16)14(19(3)18-12)15(21)17-11-7-5-10(6-8-11)9(2)20/h5-8H,4,16H2,1-3H3,(H,17,21). The Labute approximate surface area is 122 Å². The van der Waals surface area contributed by atoms with Gasteiger partial charge in [-0.05, 0) is 37.6 Å². The number of nitrogen functional groups attached to an aromatic ring is 1. The first-order chi connectivity index (χ1) is 9.93. The van der Waals surface area contributed by atoms with Crippen molar-refractivity contribution in [2.45, 2.75) is 20.3 Å². The summed E-state index contributed by atoms with van der Waals surface area (Å²) in [5, 5.41) is 6.97. The summed E-state index contributed by atoms with van der Waals surface area (Å²) in [6, 6.07) is 6.70. The number of nitrogens with zero attached hydrogens (tertiary/aromatic N) is 2. The van der Waals surface area contributed by atoms with E-state index in [9.17, 15) is 9.59 Å². The van der Waals surface area contributed by atoms with Crippen molar-refractivity contribution in [3.63, 3.8) is 0 Å². The molecule has 0 bridgehead atoms. The zero-order valence-corrected chi connectivity index (χ0v) is 12.3. The van der Waals surface area contributed by atoms with Crippen LogP contribution in [0.5, 0.6) is 0 Å². The van der Waals surface area contributed by atoms with Crippen LogP contribution in [0.4, 0.5) is 11.4 Å². The fourth-order valence-corrected chi connectivity index (χ4v) is 2.10. The summed E-state index contributed by atoms with van der Waals surface area (Å²) in [5.41, 5.74) is 8.58. The molecule has 0 aliphatic carbocycles. The molecule has 0 saturated carbocycles. The lowest BCUT2D eigenvalue weighted by atomic mass is 10.1. The van der Waals surface area contributed by atoms with Crippen LogP contribution in [0.25, 0.3) is 0 Å². The molecule has 0 fully saturated rings. The Bertz CT molecular complexity index is 686. The summed E-state index contributed by atoms with van der Waals surface area (Å²) >= 11 is 0. The molecule has 6 nitrogen and oxygen atoms in total. The Morgan fingerprint density at radius 2 is 1.90 bits per heavy atom. The molecular weight excluding hydrogens is 268 g/mol. The van der Waals surface area contributed by atoms with E-state index in [1.54, 1.807) is 31.3 Å². The second-order valence-electron chi connectivity index (χ2n) is 4.77. The van der Waals surface area contributed by atoms with Crippen molar-refractivity contribution in [3.8, 4) is 0 Å². The zero-order chi connectivity index (χ0) is 15.6. The number of ketones is 1. The van der Waals surface area contributed by atoms with Crippen molar-refractivity contribution in [3.05, 3.63) is 41.2 Å². The summed E-state index contributed by atoms with van der Waals surface area (Å²) in [5.74, 6) is -0.339. The number of hydrogen-bond donors (Lipinski definition) is 2. The molecule has 2 aromatic rings. The fraction of sp³-hybridized carbons (Fsp3) is 0.267. The fourth-order valence-electron chi connectivity index (χ4n) is 2.10. The third kappa shape index (κ3) is 2.94. The zero-order valence-electron chi connectivity index (χ0n) is 12.3. The van der Waals surface area contributed by atoms with E-state index in [-0.39, 0.29) is 11.7 Å². The number of benzene rings is 1. The van der Waals surface area contributed by atoms with E-state index >= 15 is 0 Å². The minimum absolute atomic E-state index is 0.0173. The number of aryl methyl sites for hydroxylation is 2.